The Balaban J connectivity index is 1.48. The van der Waals surface area contributed by atoms with Crippen molar-refractivity contribution in [2.75, 3.05) is 17.7 Å². The zero-order valence-corrected chi connectivity index (χ0v) is 22.0. The molecular formula is C27H24FN3O5S2. The van der Waals surface area contributed by atoms with Crippen LogP contribution in [0.25, 0.3) is 22.0 Å². The van der Waals surface area contributed by atoms with Crippen molar-refractivity contribution in [3.63, 3.8) is 0 Å². The van der Waals surface area contributed by atoms with Gasteiger partial charge < -0.3 is 4.90 Å². The van der Waals surface area contributed by atoms with Crippen LogP contribution in [0.3, 0.4) is 0 Å². The standard InChI is InChI=1S/C27H24FN3O5S2/c1-37(33,34)26-21(18-7-3-2-4-8-18)12-14-24(25(26)28)31-16-6-10-23(27(31)32)30-38(35,36)20-11-13-22-19(17-20)9-5-15-29-22/h2-5,7-9,11-15,17,23,30H,6,10,16H2,1H3. The Kier molecular flexibility index (Phi) is 6.76. The van der Waals surface area contributed by atoms with Crippen molar-refractivity contribution in [1.29, 1.82) is 0 Å². The molecule has 0 spiro atoms. The Morgan fingerprint density at radius 2 is 1.74 bits per heavy atom. The van der Waals surface area contributed by atoms with Crippen LogP contribution in [-0.4, -0.2) is 46.6 Å². The van der Waals surface area contributed by atoms with E-state index in [9.17, 15) is 21.6 Å². The highest BCUT2D eigenvalue weighted by molar-refractivity contribution is 7.91. The number of rotatable bonds is 6. The van der Waals surface area contributed by atoms with Crippen molar-refractivity contribution in [2.45, 2.75) is 28.7 Å². The molecular weight excluding hydrogens is 529 g/mol. The molecule has 0 saturated carbocycles. The van der Waals surface area contributed by atoms with Gasteiger partial charge >= 0.3 is 0 Å². The van der Waals surface area contributed by atoms with E-state index in [4.69, 9.17) is 0 Å². The summed E-state index contributed by atoms with van der Waals surface area (Å²) in [6.45, 7) is 0.115. The van der Waals surface area contributed by atoms with Crippen LogP contribution in [0.15, 0.2) is 88.8 Å². The van der Waals surface area contributed by atoms with Crippen molar-refractivity contribution < 1.29 is 26.0 Å². The summed E-state index contributed by atoms with van der Waals surface area (Å²) in [6.07, 6.45) is 3.11. The van der Waals surface area contributed by atoms with Crippen molar-refractivity contribution in [1.82, 2.24) is 9.71 Å². The summed E-state index contributed by atoms with van der Waals surface area (Å²) in [5, 5.41) is 0.626. The van der Waals surface area contributed by atoms with Gasteiger partial charge in [0.2, 0.25) is 15.9 Å². The molecule has 38 heavy (non-hydrogen) atoms. The third-order valence-corrected chi connectivity index (χ3v) is 9.05. The summed E-state index contributed by atoms with van der Waals surface area (Å²) in [5.41, 5.74) is 1.11. The van der Waals surface area contributed by atoms with Crippen molar-refractivity contribution in [2.24, 2.45) is 0 Å². The molecule has 1 N–H and O–H groups in total. The van der Waals surface area contributed by atoms with E-state index in [2.05, 4.69) is 9.71 Å². The molecule has 5 rings (SSSR count). The predicted octanol–water partition coefficient (Wildman–Crippen LogP) is 3.92. The molecule has 8 nitrogen and oxygen atoms in total. The maximum Gasteiger partial charge on any atom is 0.245 e. The highest BCUT2D eigenvalue weighted by atomic mass is 32.2. The zero-order chi connectivity index (χ0) is 27.1. The van der Waals surface area contributed by atoms with E-state index in [1.807, 2.05) is 0 Å². The second kappa shape index (κ2) is 9.90. The molecule has 1 aromatic heterocycles. The lowest BCUT2D eigenvalue weighted by molar-refractivity contribution is -0.121. The van der Waals surface area contributed by atoms with Gasteiger partial charge in [-0.2, -0.15) is 4.72 Å². The number of sulfone groups is 1. The van der Waals surface area contributed by atoms with Crippen LogP contribution in [0.5, 0.6) is 0 Å². The van der Waals surface area contributed by atoms with Crippen LogP contribution in [-0.2, 0) is 24.7 Å². The van der Waals surface area contributed by atoms with E-state index in [1.165, 1.54) is 24.3 Å². The lowest BCUT2D eigenvalue weighted by Crippen LogP contribution is -2.52. The molecule has 1 aliphatic rings. The van der Waals surface area contributed by atoms with Gasteiger partial charge in [-0.05, 0) is 48.7 Å². The summed E-state index contributed by atoms with van der Waals surface area (Å²) in [6, 6.07) is 18.1. The number of aromatic nitrogens is 1. The van der Waals surface area contributed by atoms with Crippen LogP contribution in [0, 0.1) is 5.82 Å². The molecule has 0 radical (unpaired) electrons. The number of carbonyl (C=O) groups is 1. The van der Waals surface area contributed by atoms with Gasteiger partial charge in [-0.3, -0.25) is 9.78 Å². The number of pyridine rings is 1. The topological polar surface area (TPSA) is 114 Å². The number of piperidine rings is 1. The summed E-state index contributed by atoms with van der Waals surface area (Å²) in [7, 11) is -8.11. The maximum absolute atomic E-state index is 15.8. The minimum absolute atomic E-state index is 0.0271. The van der Waals surface area contributed by atoms with E-state index in [1.54, 1.807) is 54.7 Å². The van der Waals surface area contributed by atoms with Crippen molar-refractivity contribution >= 4 is 42.4 Å². The molecule has 1 unspecified atom stereocenters. The van der Waals surface area contributed by atoms with Gasteiger partial charge in [0, 0.05) is 29.9 Å². The van der Waals surface area contributed by atoms with Gasteiger partial charge in [0.05, 0.1) is 16.1 Å². The van der Waals surface area contributed by atoms with Gasteiger partial charge in [-0.25, -0.2) is 21.2 Å². The fourth-order valence-corrected chi connectivity index (χ4v) is 6.94. The smallest absolute Gasteiger partial charge is 0.245 e. The number of nitrogens with one attached hydrogen (secondary N) is 1. The molecule has 4 aromatic rings. The summed E-state index contributed by atoms with van der Waals surface area (Å²) in [4.78, 5) is 18.1. The van der Waals surface area contributed by atoms with Gasteiger partial charge in [0.25, 0.3) is 0 Å². The van der Waals surface area contributed by atoms with Gasteiger partial charge in [-0.15, -0.1) is 0 Å². The normalized spacial score (nSPS) is 16.6. The molecule has 0 aliphatic carbocycles. The monoisotopic (exact) mass is 553 g/mol. The number of hydrogen-bond donors (Lipinski definition) is 1. The Morgan fingerprint density at radius 1 is 0.974 bits per heavy atom. The Labute approximate surface area is 220 Å². The average Bonchev–Trinajstić information content (AvgIpc) is 2.89. The number of nitrogens with zero attached hydrogens (tertiary/aromatic N) is 2. The average molecular weight is 554 g/mol. The van der Waals surface area contributed by atoms with Crippen LogP contribution < -0.4 is 9.62 Å². The van der Waals surface area contributed by atoms with Gasteiger partial charge in [0.1, 0.15) is 10.9 Å². The number of benzene rings is 3. The van der Waals surface area contributed by atoms with Gasteiger partial charge in [0.15, 0.2) is 15.7 Å². The zero-order valence-electron chi connectivity index (χ0n) is 20.3. The van der Waals surface area contributed by atoms with Gasteiger partial charge in [-0.1, -0.05) is 42.5 Å². The Morgan fingerprint density at radius 3 is 2.47 bits per heavy atom. The van der Waals surface area contributed by atoms with Crippen molar-refractivity contribution in [3.8, 4) is 11.1 Å². The van der Waals surface area contributed by atoms with Crippen LogP contribution in [0.2, 0.25) is 0 Å². The first kappa shape index (κ1) is 26.0. The SMILES string of the molecule is CS(=O)(=O)c1c(-c2ccccc2)ccc(N2CCCC(NS(=O)(=O)c3ccc4ncccc4c3)C2=O)c1F. The second-order valence-corrected chi connectivity index (χ2v) is 12.7. The number of fused-ring (bicyclic) bond motifs is 1. The third kappa shape index (κ3) is 4.92. The van der Waals surface area contributed by atoms with Crippen LogP contribution in [0.1, 0.15) is 12.8 Å². The molecule has 196 valence electrons. The van der Waals surface area contributed by atoms with Crippen LogP contribution in [0.4, 0.5) is 10.1 Å². The molecule has 1 amide bonds. The molecule has 1 aliphatic heterocycles. The number of hydrogen-bond acceptors (Lipinski definition) is 6. The number of carbonyl (C=O) groups excluding carboxylic acids is 1. The van der Waals surface area contributed by atoms with E-state index in [-0.39, 0.29) is 29.1 Å². The molecule has 1 atom stereocenters. The lowest BCUT2D eigenvalue weighted by Gasteiger charge is -2.33. The predicted molar refractivity (Wildman–Crippen MR) is 142 cm³/mol. The van der Waals surface area contributed by atoms with E-state index in [0.29, 0.717) is 22.9 Å². The quantitative estimate of drug-likeness (QED) is 0.387. The number of halogens is 1. The lowest BCUT2D eigenvalue weighted by atomic mass is 10.0. The second-order valence-electron chi connectivity index (χ2n) is 9.08. The third-order valence-electron chi connectivity index (χ3n) is 6.44. The molecule has 1 fully saturated rings. The molecule has 11 heteroatoms. The minimum atomic E-state index is -4.09. The molecule has 1 saturated heterocycles. The molecule has 2 heterocycles. The molecule has 0 bridgehead atoms. The largest absolute Gasteiger partial charge is 0.308 e. The van der Waals surface area contributed by atoms with Crippen molar-refractivity contribution in [3.05, 3.63) is 84.8 Å². The maximum atomic E-state index is 15.8. The number of amides is 1. The summed E-state index contributed by atoms with van der Waals surface area (Å²) < 4.78 is 69.8. The fourth-order valence-electron chi connectivity index (χ4n) is 4.66. The first-order valence-electron chi connectivity index (χ1n) is 11.8. The summed E-state index contributed by atoms with van der Waals surface area (Å²) >= 11 is 0. The molecule has 3 aromatic carbocycles. The highest BCUT2D eigenvalue weighted by Gasteiger charge is 2.36. The van der Waals surface area contributed by atoms with E-state index in [0.717, 1.165) is 11.2 Å². The Hall–Kier alpha value is -3.67. The van der Waals surface area contributed by atoms with E-state index >= 15 is 4.39 Å². The van der Waals surface area contributed by atoms with E-state index < -0.39 is 42.5 Å². The summed E-state index contributed by atoms with van der Waals surface area (Å²) in [5.74, 6) is -1.71. The van der Waals surface area contributed by atoms with Crippen LogP contribution >= 0.6 is 0 Å². The highest BCUT2D eigenvalue weighted by Crippen LogP contribution is 2.36. The first-order valence-corrected chi connectivity index (χ1v) is 15.2. The minimum Gasteiger partial charge on any atom is -0.308 e. The fraction of sp³-hybridized carbons (Fsp3) is 0.185. The Bertz CT molecular complexity index is 1760. The first-order chi connectivity index (χ1) is 18.1. The number of sulfonamides is 1. The number of anilines is 1.